The summed E-state index contributed by atoms with van der Waals surface area (Å²) in [5.74, 6) is -1.10. The fourth-order valence-electron chi connectivity index (χ4n) is 2.37. The number of carbonyl (C=O) groups excluding carboxylic acids is 1. The third-order valence-electron chi connectivity index (χ3n) is 3.44. The van der Waals surface area contributed by atoms with E-state index >= 15 is 0 Å². The van der Waals surface area contributed by atoms with Crippen LogP contribution in [0.4, 0.5) is 4.79 Å². The Labute approximate surface area is 116 Å². The van der Waals surface area contributed by atoms with Gasteiger partial charge < -0.3 is 15.7 Å². The molecule has 0 aromatic carbocycles. The van der Waals surface area contributed by atoms with Gasteiger partial charge in [-0.1, -0.05) is 5.21 Å². The van der Waals surface area contributed by atoms with Gasteiger partial charge in [0.1, 0.15) is 0 Å². The fraction of sp³-hybridized carbons (Fsp3) is 0.667. The topological polar surface area (TPSA) is 109 Å². The van der Waals surface area contributed by atoms with Crippen molar-refractivity contribution in [3.8, 4) is 0 Å². The summed E-state index contributed by atoms with van der Waals surface area (Å²) >= 11 is 0. The van der Waals surface area contributed by atoms with Crippen LogP contribution in [-0.2, 0) is 11.3 Å². The van der Waals surface area contributed by atoms with Crippen LogP contribution in [0.3, 0.4) is 0 Å². The van der Waals surface area contributed by atoms with Gasteiger partial charge in [0, 0.05) is 25.3 Å². The summed E-state index contributed by atoms with van der Waals surface area (Å²) in [6.07, 6.45) is 6.01. The van der Waals surface area contributed by atoms with Gasteiger partial charge in [-0.2, -0.15) is 0 Å². The van der Waals surface area contributed by atoms with Crippen molar-refractivity contribution in [3.63, 3.8) is 0 Å². The highest BCUT2D eigenvalue weighted by Crippen LogP contribution is 2.25. The number of carbonyl (C=O) groups is 2. The highest BCUT2D eigenvalue weighted by Gasteiger charge is 2.30. The maximum absolute atomic E-state index is 11.6. The molecule has 0 aliphatic heterocycles. The fourth-order valence-corrected chi connectivity index (χ4v) is 2.37. The average Bonchev–Trinajstić information content (AvgIpc) is 3.05. The molecule has 0 radical (unpaired) electrons. The minimum Gasteiger partial charge on any atom is -0.481 e. The summed E-state index contributed by atoms with van der Waals surface area (Å²) in [7, 11) is 0. The Bertz CT molecular complexity index is 448. The first-order valence-electron chi connectivity index (χ1n) is 6.76. The molecule has 0 saturated heterocycles. The van der Waals surface area contributed by atoms with E-state index in [1.807, 2.05) is 0 Å². The van der Waals surface area contributed by atoms with Gasteiger partial charge in [-0.25, -0.2) is 4.79 Å². The molecule has 110 valence electrons. The lowest BCUT2D eigenvalue weighted by Crippen LogP contribution is -2.41. The van der Waals surface area contributed by atoms with Crippen LogP contribution >= 0.6 is 0 Å². The number of aryl methyl sites for hydroxylation is 1. The molecule has 1 heterocycles. The zero-order valence-corrected chi connectivity index (χ0v) is 11.2. The summed E-state index contributed by atoms with van der Waals surface area (Å²) < 4.78 is 1.70. The maximum Gasteiger partial charge on any atom is 0.315 e. The van der Waals surface area contributed by atoms with Gasteiger partial charge in [0.05, 0.1) is 12.1 Å². The minimum atomic E-state index is -0.775. The number of carboxylic acid groups (broad SMARTS) is 1. The summed E-state index contributed by atoms with van der Waals surface area (Å²) in [4.78, 5) is 22.4. The lowest BCUT2D eigenvalue weighted by atomic mass is 10.1. The largest absolute Gasteiger partial charge is 0.481 e. The van der Waals surface area contributed by atoms with Crippen molar-refractivity contribution in [2.75, 3.05) is 6.54 Å². The van der Waals surface area contributed by atoms with Crippen LogP contribution in [0.2, 0.25) is 0 Å². The summed E-state index contributed by atoms with van der Waals surface area (Å²) in [6, 6.07) is -0.272. The molecule has 8 heteroatoms. The third-order valence-corrected chi connectivity index (χ3v) is 3.44. The molecule has 0 bridgehead atoms. The molecular formula is C12H19N5O3. The van der Waals surface area contributed by atoms with Crippen molar-refractivity contribution in [2.45, 2.75) is 38.3 Å². The number of hydrogen-bond acceptors (Lipinski definition) is 4. The molecule has 20 heavy (non-hydrogen) atoms. The number of rotatable bonds is 6. The lowest BCUT2D eigenvalue weighted by molar-refractivity contribution is -0.141. The van der Waals surface area contributed by atoms with Crippen LogP contribution in [-0.4, -0.2) is 44.7 Å². The smallest absolute Gasteiger partial charge is 0.315 e. The number of urea groups is 1. The molecule has 1 aliphatic carbocycles. The van der Waals surface area contributed by atoms with Gasteiger partial charge in [0.15, 0.2) is 0 Å². The maximum atomic E-state index is 11.6. The van der Waals surface area contributed by atoms with E-state index in [0.717, 1.165) is 12.8 Å². The molecule has 1 fully saturated rings. The van der Waals surface area contributed by atoms with Crippen molar-refractivity contribution < 1.29 is 14.7 Å². The molecule has 3 N–H and O–H groups in total. The van der Waals surface area contributed by atoms with E-state index in [2.05, 4.69) is 20.9 Å². The molecule has 2 atom stereocenters. The lowest BCUT2D eigenvalue weighted by Gasteiger charge is -2.13. The monoisotopic (exact) mass is 281 g/mol. The van der Waals surface area contributed by atoms with Gasteiger partial charge in [0.25, 0.3) is 0 Å². The number of nitrogens with one attached hydrogen (secondary N) is 2. The minimum absolute atomic E-state index is 0.0357. The standard InChI is InChI=1S/C12H19N5O3/c18-11(19)9-2-3-10(8-9)15-12(20)13-4-1-6-17-7-5-14-16-17/h5,7,9-10H,1-4,6,8H2,(H,18,19)(H2,13,15,20)/t9-,10+/m1/s1. The molecule has 2 amide bonds. The normalized spacial score (nSPS) is 21.6. The van der Waals surface area contributed by atoms with Crippen molar-refractivity contribution in [1.82, 2.24) is 25.6 Å². The molecule has 1 aromatic rings. The van der Waals surface area contributed by atoms with Crippen LogP contribution in [0.25, 0.3) is 0 Å². The number of aromatic nitrogens is 3. The van der Waals surface area contributed by atoms with E-state index in [-0.39, 0.29) is 18.0 Å². The predicted octanol–water partition coefficient (Wildman–Crippen LogP) is 0.221. The summed E-state index contributed by atoms with van der Waals surface area (Å²) in [5, 5.41) is 22.0. The highest BCUT2D eigenvalue weighted by atomic mass is 16.4. The molecular weight excluding hydrogens is 262 g/mol. The molecule has 8 nitrogen and oxygen atoms in total. The van der Waals surface area contributed by atoms with Crippen molar-refractivity contribution >= 4 is 12.0 Å². The first-order valence-corrected chi connectivity index (χ1v) is 6.76. The zero-order valence-electron chi connectivity index (χ0n) is 11.2. The first kappa shape index (κ1) is 14.3. The van der Waals surface area contributed by atoms with Crippen LogP contribution in [0.15, 0.2) is 12.4 Å². The van der Waals surface area contributed by atoms with Gasteiger partial charge >= 0.3 is 12.0 Å². The second-order valence-electron chi connectivity index (χ2n) is 4.97. The Morgan fingerprint density at radius 1 is 1.40 bits per heavy atom. The van der Waals surface area contributed by atoms with E-state index in [1.165, 1.54) is 0 Å². The van der Waals surface area contributed by atoms with Crippen molar-refractivity contribution in [3.05, 3.63) is 12.4 Å². The number of carboxylic acids is 1. The predicted molar refractivity (Wildman–Crippen MR) is 69.9 cm³/mol. The Hall–Kier alpha value is -2.12. The van der Waals surface area contributed by atoms with Gasteiger partial charge in [0.2, 0.25) is 0 Å². The summed E-state index contributed by atoms with van der Waals surface area (Å²) in [6.45, 7) is 1.24. The first-order chi connectivity index (χ1) is 9.65. The second-order valence-corrected chi connectivity index (χ2v) is 4.97. The third kappa shape index (κ3) is 4.22. The molecule has 1 aromatic heterocycles. The van der Waals surface area contributed by atoms with E-state index in [1.54, 1.807) is 17.1 Å². The van der Waals surface area contributed by atoms with Crippen LogP contribution in [0.5, 0.6) is 0 Å². The quantitative estimate of drug-likeness (QED) is 0.646. The number of nitrogens with zero attached hydrogens (tertiary/aromatic N) is 3. The van der Waals surface area contributed by atoms with Crippen LogP contribution in [0.1, 0.15) is 25.7 Å². The van der Waals surface area contributed by atoms with Gasteiger partial charge in [-0.3, -0.25) is 9.48 Å². The Balaban J connectivity index is 1.58. The van der Waals surface area contributed by atoms with Gasteiger partial charge in [-0.15, -0.1) is 5.10 Å². The van der Waals surface area contributed by atoms with Crippen molar-refractivity contribution in [2.24, 2.45) is 5.92 Å². The zero-order chi connectivity index (χ0) is 14.4. The van der Waals surface area contributed by atoms with Crippen molar-refractivity contribution in [1.29, 1.82) is 0 Å². The number of aliphatic carboxylic acids is 1. The van der Waals surface area contributed by atoms with Gasteiger partial charge in [-0.05, 0) is 25.7 Å². The molecule has 2 rings (SSSR count). The Morgan fingerprint density at radius 2 is 2.25 bits per heavy atom. The SMILES string of the molecule is O=C(NCCCn1ccnn1)N[C@H]1CC[C@@H](C(=O)O)C1. The second kappa shape index (κ2) is 6.88. The van der Waals surface area contributed by atoms with Crippen LogP contribution in [0, 0.1) is 5.92 Å². The number of hydrogen-bond donors (Lipinski definition) is 3. The molecule has 1 aliphatic rings. The summed E-state index contributed by atoms with van der Waals surface area (Å²) in [5.41, 5.74) is 0. The van der Waals surface area contributed by atoms with E-state index in [0.29, 0.717) is 25.9 Å². The van der Waals surface area contributed by atoms with Crippen LogP contribution < -0.4 is 10.6 Å². The Morgan fingerprint density at radius 3 is 2.90 bits per heavy atom. The van der Waals surface area contributed by atoms with E-state index in [4.69, 9.17) is 5.11 Å². The Kier molecular flexibility index (Phi) is 4.91. The molecule has 0 spiro atoms. The van der Waals surface area contributed by atoms with E-state index in [9.17, 15) is 9.59 Å². The van der Waals surface area contributed by atoms with E-state index < -0.39 is 5.97 Å². The molecule has 0 unspecified atom stereocenters. The highest BCUT2D eigenvalue weighted by molar-refractivity contribution is 5.75. The molecule has 1 saturated carbocycles. The average molecular weight is 281 g/mol. The number of amides is 2.